The second-order valence-electron chi connectivity index (χ2n) is 6.98. The van der Waals surface area contributed by atoms with Crippen molar-refractivity contribution in [1.82, 2.24) is 0 Å². The van der Waals surface area contributed by atoms with Crippen LogP contribution in [0.3, 0.4) is 0 Å². The predicted molar refractivity (Wildman–Crippen MR) is 74.6 cm³/mol. The molecule has 2 aliphatic rings. The van der Waals surface area contributed by atoms with E-state index >= 15 is 0 Å². The van der Waals surface area contributed by atoms with Gasteiger partial charge in [-0.2, -0.15) is 0 Å². The van der Waals surface area contributed by atoms with E-state index in [1.165, 1.54) is 6.42 Å². The van der Waals surface area contributed by atoms with Gasteiger partial charge in [-0.3, -0.25) is 0 Å². The SMILES string of the molecule is C=C(C)C(=O)OC1(C)CC2CC(CC(O)(CC)C2)C1. The van der Waals surface area contributed by atoms with E-state index in [2.05, 4.69) is 13.5 Å². The topological polar surface area (TPSA) is 46.5 Å². The number of ether oxygens (including phenoxy) is 1. The smallest absolute Gasteiger partial charge is 0.333 e. The summed E-state index contributed by atoms with van der Waals surface area (Å²) in [5.74, 6) is 0.661. The van der Waals surface area contributed by atoms with Gasteiger partial charge in [0.15, 0.2) is 0 Å². The van der Waals surface area contributed by atoms with E-state index in [-0.39, 0.29) is 11.6 Å². The third-order valence-corrected chi connectivity index (χ3v) is 4.79. The highest BCUT2D eigenvalue weighted by Crippen LogP contribution is 2.50. The fourth-order valence-corrected chi connectivity index (χ4v) is 4.09. The molecule has 2 saturated carbocycles. The van der Waals surface area contributed by atoms with Gasteiger partial charge in [0, 0.05) is 5.57 Å². The van der Waals surface area contributed by atoms with E-state index < -0.39 is 5.60 Å². The second-order valence-corrected chi connectivity index (χ2v) is 6.98. The lowest BCUT2D eigenvalue weighted by Gasteiger charge is -2.49. The number of aliphatic hydroxyl groups is 1. The van der Waals surface area contributed by atoms with E-state index in [4.69, 9.17) is 4.74 Å². The Hall–Kier alpha value is -0.830. The summed E-state index contributed by atoms with van der Waals surface area (Å²) in [6, 6.07) is 0. The zero-order chi connectivity index (χ0) is 14.3. The fraction of sp³-hybridized carbons (Fsp3) is 0.812. The maximum atomic E-state index is 11.7. The Labute approximate surface area is 116 Å². The number of esters is 1. The van der Waals surface area contributed by atoms with Gasteiger partial charge < -0.3 is 9.84 Å². The summed E-state index contributed by atoms with van der Waals surface area (Å²) in [6.07, 6.45) is 5.42. The molecular formula is C16H26O3. The number of hydrogen-bond acceptors (Lipinski definition) is 3. The second kappa shape index (κ2) is 4.93. The number of fused-ring (bicyclic) bond motifs is 2. The molecule has 2 aliphatic carbocycles. The first kappa shape index (κ1) is 14.6. The van der Waals surface area contributed by atoms with Crippen molar-refractivity contribution in [2.24, 2.45) is 11.8 Å². The molecule has 3 heteroatoms. The molecule has 19 heavy (non-hydrogen) atoms. The van der Waals surface area contributed by atoms with Crippen molar-refractivity contribution < 1.29 is 14.6 Å². The van der Waals surface area contributed by atoms with Crippen molar-refractivity contribution in [2.75, 3.05) is 0 Å². The lowest BCUT2D eigenvalue weighted by Crippen LogP contribution is -2.49. The van der Waals surface area contributed by atoms with Gasteiger partial charge in [0.2, 0.25) is 0 Å². The molecule has 0 aromatic carbocycles. The molecule has 2 unspecified atom stereocenters. The molecule has 2 bridgehead atoms. The van der Waals surface area contributed by atoms with Crippen LogP contribution in [0.25, 0.3) is 0 Å². The lowest BCUT2D eigenvalue weighted by atomic mass is 9.61. The third kappa shape index (κ3) is 3.19. The Morgan fingerprint density at radius 2 is 1.84 bits per heavy atom. The summed E-state index contributed by atoms with van der Waals surface area (Å²) in [7, 11) is 0. The van der Waals surface area contributed by atoms with Crippen molar-refractivity contribution in [2.45, 2.75) is 70.5 Å². The highest BCUT2D eigenvalue weighted by Gasteiger charge is 2.47. The Morgan fingerprint density at radius 1 is 1.32 bits per heavy atom. The maximum Gasteiger partial charge on any atom is 0.333 e. The predicted octanol–water partition coefficient (Wildman–Crippen LogP) is 3.22. The van der Waals surface area contributed by atoms with Crippen LogP contribution >= 0.6 is 0 Å². The van der Waals surface area contributed by atoms with Crippen LogP contribution in [0.1, 0.15) is 59.3 Å². The van der Waals surface area contributed by atoms with E-state index in [1.807, 2.05) is 6.92 Å². The summed E-state index contributed by atoms with van der Waals surface area (Å²) in [4.78, 5) is 11.7. The van der Waals surface area contributed by atoms with Gasteiger partial charge in [-0.15, -0.1) is 0 Å². The molecule has 0 aliphatic heterocycles. The average molecular weight is 266 g/mol. The Morgan fingerprint density at radius 3 is 2.26 bits per heavy atom. The van der Waals surface area contributed by atoms with E-state index in [0.29, 0.717) is 17.4 Å². The van der Waals surface area contributed by atoms with Crippen LogP contribution in [-0.2, 0) is 9.53 Å². The van der Waals surface area contributed by atoms with Crippen molar-refractivity contribution in [1.29, 1.82) is 0 Å². The minimum atomic E-state index is -0.493. The van der Waals surface area contributed by atoms with Gasteiger partial charge in [-0.25, -0.2) is 4.79 Å². The van der Waals surface area contributed by atoms with Crippen LogP contribution in [0, 0.1) is 11.8 Å². The molecule has 0 spiro atoms. The van der Waals surface area contributed by atoms with Crippen molar-refractivity contribution in [3.8, 4) is 0 Å². The monoisotopic (exact) mass is 266 g/mol. The summed E-state index contributed by atoms with van der Waals surface area (Å²) >= 11 is 0. The minimum absolute atomic E-state index is 0.284. The largest absolute Gasteiger partial charge is 0.456 e. The minimum Gasteiger partial charge on any atom is -0.456 e. The van der Waals surface area contributed by atoms with Gasteiger partial charge >= 0.3 is 5.97 Å². The summed E-state index contributed by atoms with van der Waals surface area (Å²) in [6.45, 7) is 9.42. The van der Waals surface area contributed by atoms with E-state index in [1.54, 1.807) is 6.92 Å². The highest BCUT2D eigenvalue weighted by atomic mass is 16.6. The molecule has 2 fully saturated rings. The first-order valence-electron chi connectivity index (χ1n) is 7.36. The lowest BCUT2D eigenvalue weighted by molar-refractivity contribution is -0.167. The van der Waals surface area contributed by atoms with Crippen molar-refractivity contribution in [3.05, 3.63) is 12.2 Å². The van der Waals surface area contributed by atoms with Crippen LogP contribution in [0.2, 0.25) is 0 Å². The molecule has 3 nitrogen and oxygen atoms in total. The molecule has 1 N–H and O–H groups in total. The first-order valence-corrected chi connectivity index (χ1v) is 7.36. The molecule has 108 valence electrons. The molecule has 0 aromatic rings. The highest BCUT2D eigenvalue weighted by molar-refractivity contribution is 5.87. The third-order valence-electron chi connectivity index (χ3n) is 4.79. The number of rotatable bonds is 3. The molecule has 0 saturated heterocycles. The quantitative estimate of drug-likeness (QED) is 0.630. The Balaban J connectivity index is 2.06. The molecule has 0 aromatic heterocycles. The van der Waals surface area contributed by atoms with Crippen LogP contribution < -0.4 is 0 Å². The number of carbonyl (C=O) groups is 1. The molecule has 0 amide bonds. The molecule has 2 atom stereocenters. The Bertz CT molecular complexity index is 371. The summed E-state index contributed by atoms with van der Waals surface area (Å²) < 4.78 is 5.66. The summed E-state index contributed by atoms with van der Waals surface area (Å²) in [5, 5.41) is 10.5. The van der Waals surface area contributed by atoms with Crippen molar-refractivity contribution >= 4 is 5.97 Å². The van der Waals surface area contributed by atoms with Crippen LogP contribution in [-0.4, -0.2) is 22.3 Å². The molecule has 0 heterocycles. The standard InChI is InChI=1S/C16H26O3/c1-5-16(18)9-12-6-13(10-16)8-15(4,7-12)19-14(17)11(2)3/h12-13,18H,2,5-10H2,1,3-4H3. The van der Waals surface area contributed by atoms with Gasteiger partial charge in [0.25, 0.3) is 0 Å². The summed E-state index contributed by atoms with van der Waals surface area (Å²) in [5.41, 5.74) is -0.409. The molecule has 2 rings (SSSR count). The van der Waals surface area contributed by atoms with Crippen molar-refractivity contribution in [3.63, 3.8) is 0 Å². The number of hydrogen-bond donors (Lipinski definition) is 1. The Kier molecular flexibility index (Phi) is 3.78. The van der Waals surface area contributed by atoms with Crippen LogP contribution in [0.15, 0.2) is 12.2 Å². The number of carbonyl (C=O) groups excluding carboxylic acids is 1. The van der Waals surface area contributed by atoms with Gasteiger partial charge in [0.05, 0.1) is 5.60 Å². The average Bonchev–Trinajstić information content (AvgIpc) is 2.26. The zero-order valence-electron chi connectivity index (χ0n) is 12.4. The van der Waals surface area contributed by atoms with Crippen LogP contribution in [0.4, 0.5) is 0 Å². The zero-order valence-corrected chi connectivity index (χ0v) is 12.4. The van der Waals surface area contributed by atoms with E-state index in [9.17, 15) is 9.90 Å². The normalized spacial score (nSPS) is 41.7. The molecule has 0 radical (unpaired) electrons. The van der Waals surface area contributed by atoms with Gasteiger partial charge in [-0.1, -0.05) is 13.5 Å². The first-order chi connectivity index (χ1) is 8.75. The maximum absolute atomic E-state index is 11.7. The van der Waals surface area contributed by atoms with Gasteiger partial charge in [-0.05, 0) is 64.2 Å². The fourth-order valence-electron chi connectivity index (χ4n) is 4.09. The van der Waals surface area contributed by atoms with Crippen LogP contribution in [0.5, 0.6) is 0 Å². The van der Waals surface area contributed by atoms with Gasteiger partial charge in [0.1, 0.15) is 5.60 Å². The van der Waals surface area contributed by atoms with E-state index in [0.717, 1.165) is 32.1 Å². The molecular weight excluding hydrogens is 240 g/mol.